The van der Waals surface area contributed by atoms with E-state index in [1.165, 1.54) is 0 Å². The molecule has 0 radical (unpaired) electrons. The molecule has 0 aliphatic rings. The van der Waals surface area contributed by atoms with Gasteiger partial charge in [-0.2, -0.15) is 0 Å². The molecule has 124 valence electrons. The van der Waals surface area contributed by atoms with Crippen LogP contribution in [0.25, 0.3) is 10.2 Å². The SMILES string of the molecule is CC(C)CSc1nc2ccc(NC(=O)c3ccccc3Cl)cc2s1. The van der Waals surface area contributed by atoms with E-state index in [1.54, 1.807) is 47.4 Å². The molecule has 0 aliphatic carbocycles. The summed E-state index contributed by atoms with van der Waals surface area (Å²) >= 11 is 9.50. The molecule has 0 saturated heterocycles. The molecule has 24 heavy (non-hydrogen) atoms. The number of carbonyl (C=O) groups is 1. The molecule has 3 rings (SSSR count). The van der Waals surface area contributed by atoms with Gasteiger partial charge in [0, 0.05) is 11.4 Å². The minimum Gasteiger partial charge on any atom is -0.322 e. The molecule has 0 aliphatic heterocycles. The maximum Gasteiger partial charge on any atom is 0.257 e. The number of aromatic nitrogens is 1. The average molecular weight is 377 g/mol. The summed E-state index contributed by atoms with van der Waals surface area (Å²) in [5.41, 5.74) is 2.18. The van der Waals surface area contributed by atoms with E-state index >= 15 is 0 Å². The fraction of sp³-hybridized carbons (Fsp3) is 0.222. The lowest BCUT2D eigenvalue weighted by Crippen LogP contribution is -2.12. The Morgan fingerprint density at radius 3 is 2.83 bits per heavy atom. The van der Waals surface area contributed by atoms with Crippen LogP contribution in [0.1, 0.15) is 24.2 Å². The van der Waals surface area contributed by atoms with Crippen molar-refractivity contribution in [3.63, 3.8) is 0 Å². The number of nitrogens with zero attached hydrogens (tertiary/aromatic N) is 1. The third kappa shape index (κ3) is 4.09. The summed E-state index contributed by atoms with van der Waals surface area (Å²) in [6.07, 6.45) is 0. The zero-order valence-electron chi connectivity index (χ0n) is 13.4. The molecule has 1 N–H and O–H groups in total. The zero-order chi connectivity index (χ0) is 17.1. The van der Waals surface area contributed by atoms with E-state index in [1.807, 2.05) is 18.2 Å². The molecule has 0 fully saturated rings. The summed E-state index contributed by atoms with van der Waals surface area (Å²) in [5.74, 6) is 1.47. The molecule has 2 aromatic carbocycles. The van der Waals surface area contributed by atoms with Crippen LogP contribution >= 0.6 is 34.7 Å². The first-order valence-electron chi connectivity index (χ1n) is 7.62. The Hall–Kier alpha value is -1.56. The molecule has 0 spiro atoms. The molecule has 1 amide bonds. The monoisotopic (exact) mass is 376 g/mol. The summed E-state index contributed by atoms with van der Waals surface area (Å²) in [4.78, 5) is 17.0. The van der Waals surface area contributed by atoms with Crippen LogP contribution in [0, 0.1) is 5.92 Å². The third-order valence-electron chi connectivity index (χ3n) is 3.29. The molecule has 3 nitrogen and oxygen atoms in total. The number of thioether (sulfide) groups is 1. The highest BCUT2D eigenvalue weighted by Gasteiger charge is 2.11. The summed E-state index contributed by atoms with van der Waals surface area (Å²) in [7, 11) is 0. The van der Waals surface area contributed by atoms with E-state index in [-0.39, 0.29) is 5.91 Å². The van der Waals surface area contributed by atoms with Gasteiger partial charge in [0.2, 0.25) is 0 Å². The summed E-state index contributed by atoms with van der Waals surface area (Å²) in [5, 5.41) is 3.34. The number of halogens is 1. The maximum atomic E-state index is 12.3. The highest BCUT2D eigenvalue weighted by atomic mass is 35.5. The molecule has 3 aromatic rings. The van der Waals surface area contributed by atoms with E-state index in [0.717, 1.165) is 26.0 Å². The van der Waals surface area contributed by atoms with Crippen molar-refractivity contribution in [2.75, 3.05) is 11.1 Å². The topological polar surface area (TPSA) is 42.0 Å². The van der Waals surface area contributed by atoms with E-state index < -0.39 is 0 Å². The van der Waals surface area contributed by atoms with Crippen molar-refractivity contribution in [2.24, 2.45) is 5.92 Å². The Labute approximate surface area is 154 Å². The van der Waals surface area contributed by atoms with Crippen LogP contribution in [0.15, 0.2) is 46.8 Å². The van der Waals surface area contributed by atoms with E-state index in [4.69, 9.17) is 11.6 Å². The Morgan fingerprint density at radius 2 is 2.08 bits per heavy atom. The predicted molar refractivity (Wildman–Crippen MR) is 105 cm³/mol. The molecular formula is C18H17ClN2OS2. The van der Waals surface area contributed by atoms with Crippen LogP contribution in [0.5, 0.6) is 0 Å². The second kappa shape index (κ2) is 7.55. The fourth-order valence-electron chi connectivity index (χ4n) is 2.12. The molecule has 0 unspecified atom stereocenters. The van der Waals surface area contributed by atoms with Gasteiger partial charge in [-0.1, -0.05) is 49.3 Å². The standard InChI is InChI=1S/C18H17ClN2OS2/c1-11(2)10-23-18-21-15-8-7-12(9-16(15)24-18)20-17(22)13-5-3-4-6-14(13)19/h3-9,11H,10H2,1-2H3,(H,20,22). The van der Waals surface area contributed by atoms with Gasteiger partial charge in [-0.3, -0.25) is 4.79 Å². The molecule has 1 aromatic heterocycles. The van der Waals surface area contributed by atoms with Gasteiger partial charge in [-0.25, -0.2) is 4.98 Å². The number of thiazole rings is 1. The lowest BCUT2D eigenvalue weighted by Gasteiger charge is -2.06. The van der Waals surface area contributed by atoms with Crippen LogP contribution in [0.3, 0.4) is 0 Å². The van der Waals surface area contributed by atoms with Gasteiger partial charge in [-0.15, -0.1) is 11.3 Å². The zero-order valence-corrected chi connectivity index (χ0v) is 15.8. The first kappa shape index (κ1) is 17.3. The number of rotatable bonds is 5. The minimum atomic E-state index is -0.209. The van der Waals surface area contributed by atoms with Crippen LogP contribution in [0.4, 0.5) is 5.69 Å². The van der Waals surface area contributed by atoms with Crippen molar-refractivity contribution in [3.8, 4) is 0 Å². The Kier molecular flexibility index (Phi) is 5.43. The average Bonchev–Trinajstić information content (AvgIpc) is 2.95. The Balaban J connectivity index is 1.78. The molecular weight excluding hydrogens is 360 g/mol. The van der Waals surface area contributed by atoms with Crippen molar-refractivity contribution in [2.45, 2.75) is 18.2 Å². The van der Waals surface area contributed by atoms with Crippen molar-refractivity contribution >= 4 is 56.5 Å². The predicted octanol–water partition coefficient (Wildman–Crippen LogP) is 5.95. The van der Waals surface area contributed by atoms with Crippen molar-refractivity contribution < 1.29 is 4.79 Å². The second-order valence-corrected chi connectivity index (χ2v) is 8.51. The minimum absolute atomic E-state index is 0.209. The van der Waals surface area contributed by atoms with Gasteiger partial charge in [0.25, 0.3) is 5.91 Å². The number of hydrogen-bond donors (Lipinski definition) is 1. The molecule has 0 atom stereocenters. The maximum absolute atomic E-state index is 12.3. The van der Waals surface area contributed by atoms with Gasteiger partial charge in [0.05, 0.1) is 20.8 Å². The number of benzene rings is 2. The van der Waals surface area contributed by atoms with Crippen molar-refractivity contribution in [1.82, 2.24) is 4.98 Å². The number of nitrogens with one attached hydrogen (secondary N) is 1. The van der Waals surface area contributed by atoms with Crippen LogP contribution in [0.2, 0.25) is 5.02 Å². The normalized spacial score (nSPS) is 11.2. The first-order valence-corrected chi connectivity index (χ1v) is 9.80. The highest BCUT2D eigenvalue weighted by Crippen LogP contribution is 2.32. The number of fused-ring (bicyclic) bond motifs is 1. The van der Waals surface area contributed by atoms with Crippen LogP contribution in [-0.4, -0.2) is 16.6 Å². The van der Waals surface area contributed by atoms with Crippen LogP contribution in [-0.2, 0) is 0 Å². The van der Waals surface area contributed by atoms with Gasteiger partial charge in [0.1, 0.15) is 0 Å². The number of carbonyl (C=O) groups excluding carboxylic acids is 1. The largest absolute Gasteiger partial charge is 0.322 e. The van der Waals surface area contributed by atoms with Gasteiger partial charge in [-0.05, 0) is 36.2 Å². The first-order chi connectivity index (χ1) is 11.5. The lowest BCUT2D eigenvalue weighted by molar-refractivity contribution is 0.102. The molecule has 0 saturated carbocycles. The summed E-state index contributed by atoms with van der Waals surface area (Å²) in [6, 6.07) is 12.8. The summed E-state index contributed by atoms with van der Waals surface area (Å²) < 4.78 is 2.13. The van der Waals surface area contributed by atoms with Crippen LogP contribution < -0.4 is 5.32 Å². The number of amides is 1. The molecule has 6 heteroatoms. The van der Waals surface area contributed by atoms with E-state index in [9.17, 15) is 4.79 Å². The number of hydrogen-bond acceptors (Lipinski definition) is 4. The second-order valence-electron chi connectivity index (χ2n) is 5.80. The number of anilines is 1. The van der Waals surface area contributed by atoms with E-state index in [2.05, 4.69) is 24.1 Å². The lowest BCUT2D eigenvalue weighted by atomic mass is 10.2. The van der Waals surface area contributed by atoms with Gasteiger partial charge < -0.3 is 5.32 Å². The smallest absolute Gasteiger partial charge is 0.257 e. The third-order valence-corrected chi connectivity index (χ3v) is 6.20. The van der Waals surface area contributed by atoms with Gasteiger partial charge in [0.15, 0.2) is 4.34 Å². The van der Waals surface area contributed by atoms with Gasteiger partial charge >= 0.3 is 0 Å². The Bertz CT molecular complexity index is 876. The Morgan fingerprint density at radius 1 is 1.29 bits per heavy atom. The highest BCUT2D eigenvalue weighted by molar-refractivity contribution is 8.01. The van der Waals surface area contributed by atoms with Crippen molar-refractivity contribution in [3.05, 3.63) is 53.1 Å². The molecule has 1 heterocycles. The fourth-order valence-corrected chi connectivity index (χ4v) is 4.43. The quantitative estimate of drug-likeness (QED) is 0.559. The summed E-state index contributed by atoms with van der Waals surface area (Å²) in [6.45, 7) is 4.39. The molecule has 0 bridgehead atoms. The van der Waals surface area contributed by atoms with E-state index in [0.29, 0.717) is 16.5 Å². The van der Waals surface area contributed by atoms with Crippen molar-refractivity contribution in [1.29, 1.82) is 0 Å².